The van der Waals surface area contributed by atoms with Crippen LogP contribution in [0.1, 0.15) is 6.42 Å². The first-order valence-electron chi connectivity index (χ1n) is 9.67. The molecule has 10 heteroatoms. The van der Waals surface area contributed by atoms with Gasteiger partial charge in [-0.3, -0.25) is 14.6 Å². The lowest BCUT2D eigenvalue weighted by Crippen LogP contribution is -2.41. The van der Waals surface area contributed by atoms with Gasteiger partial charge in [0.2, 0.25) is 6.41 Å². The van der Waals surface area contributed by atoms with Crippen LogP contribution in [0.2, 0.25) is 5.02 Å². The third-order valence-corrected chi connectivity index (χ3v) is 5.32. The molecule has 2 heterocycles. The van der Waals surface area contributed by atoms with E-state index in [1.807, 2.05) is 34.9 Å². The molecule has 0 bridgehead atoms. The number of nitrogens with zero attached hydrogens (tertiary/aromatic N) is 4. The van der Waals surface area contributed by atoms with Crippen molar-refractivity contribution in [1.29, 1.82) is 0 Å². The fourth-order valence-electron chi connectivity index (χ4n) is 3.11. The molecule has 1 aromatic carbocycles. The van der Waals surface area contributed by atoms with E-state index in [4.69, 9.17) is 28.3 Å². The molecule has 0 saturated carbocycles. The van der Waals surface area contributed by atoms with Crippen molar-refractivity contribution in [2.75, 3.05) is 25.1 Å². The number of aliphatic hydroxyl groups is 1. The Bertz CT molecular complexity index is 1000. The van der Waals surface area contributed by atoms with E-state index >= 15 is 0 Å². The number of allylic oxidation sites excluding steroid dienone is 2. The number of anilines is 1. The molecular formula is C21H23Cl2N5O3. The molecule has 0 saturated heterocycles. The van der Waals surface area contributed by atoms with Crippen molar-refractivity contribution in [2.45, 2.75) is 19.0 Å². The number of hydrogen-bond donors (Lipinski definition) is 2. The van der Waals surface area contributed by atoms with Gasteiger partial charge in [-0.25, -0.2) is 9.78 Å². The second-order valence-corrected chi connectivity index (χ2v) is 7.78. The normalized spacial score (nSPS) is 15.2. The fraction of sp³-hybridized carbons (Fsp3) is 0.286. The number of hydrogen-bond acceptors (Lipinski definition) is 5. The maximum Gasteiger partial charge on any atom is 0.331 e. The summed E-state index contributed by atoms with van der Waals surface area (Å²) in [6.45, 7) is 0.507. The van der Waals surface area contributed by atoms with Crippen molar-refractivity contribution < 1.29 is 14.7 Å². The number of rotatable bonds is 8. The summed E-state index contributed by atoms with van der Waals surface area (Å²) in [4.78, 5) is 31.0. The summed E-state index contributed by atoms with van der Waals surface area (Å²) in [5.74, 6) is 0.952. The second-order valence-electron chi connectivity index (χ2n) is 6.93. The largest absolute Gasteiger partial charge is 0.396 e. The maximum absolute atomic E-state index is 12.7. The number of urea groups is 1. The number of aliphatic hydroxyl groups excluding tert-OH is 1. The second kappa shape index (κ2) is 10.5. The highest BCUT2D eigenvalue weighted by atomic mass is 35.5. The third-order valence-electron chi connectivity index (χ3n) is 4.76. The van der Waals surface area contributed by atoms with Gasteiger partial charge in [0.15, 0.2) is 5.82 Å². The number of carbonyl (C=O) groups is 2. The third kappa shape index (κ3) is 5.46. The number of halogens is 2. The summed E-state index contributed by atoms with van der Waals surface area (Å²) < 4.78 is 1.90. The van der Waals surface area contributed by atoms with E-state index in [0.717, 1.165) is 10.5 Å². The van der Waals surface area contributed by atoms with Gasteiger partial charge in [0.05, 0.1) is 16.1 Å². The molecule has 0 radical (unpaired) electrons. The molecular weight excluding hydrogens is 441 g/mol. The standard InChI is InChI=1S/C21H23Cl2N5O3/c1-26(21(31)27(14-30)9-4-10-29)19-13-28(12-16-8-7-15(22)11-24-16)20(25-19)17-5-2-3-6-18(17)23/h2-3,5-8,11,13-14,16,24,29H,4,9-10,12H2,1H3. The smallest absolute Gasteiger partial charge is 0.331 e. The minimum Gasteiger partial charge on any atom is -0.396 e. The van der Waals surface area contributed by atoms with Crippen LogP contribution in [0.25, 0.3) is 11.4 Å². The zero-order valence-electron chi connectivity index (χ0n) is 16.9. The van der Waals surface area contributed by atoms with E-state index in [1.54, 1.807) is 25.5 Å². The Morgan fingerprint density at radius 1 is 1.35 bits per heavy atom. The number of imide groups is 1. The molecule has 2 aromatic rings. The van der Waals surface area contributed by atoms with E-state index in [-0.39, 0.29) is 19.2 Å². The van der Waals surface area contributed by atoms with Crippen LogP contribution in [0.4, 0.5) is 10.6 Å². The summed E-state index contributed by atoms with van der Waals surface area (Å²) in [5, 5.41) is 13.3. The Hall–Kier alpha value is -2.81. The van der Waals surface area contributed by atoms with Gasteiger partial charge in [0, 0.05) is 44.7 Å². The van der Waals surface area contributed by atoms with Gasteiger partial charge in [-0.05, 0) is 24.6 Å². The van der Waals surface area contributed by atoms with Crippen molar-refractivity contribution in [3.63, 3.8) is 0 Å². The van der Waals surface area contributed by atoms with Crippen LogP contribution in [-0.4, -0.2) is 58.2 Å². The average Bonchev–Trinajstić information content (AvgIpc) is 3.19. The van der Waals surface area contributed by atoms with Gasteiger partial charge in [-0.1, -0.05) is 41.4 Å². The number of amides is 3. The SMILES string of the molecule is CN(C(=O)N(C=O)CCCO)c1cn(CC2C=CC(Cl)=CN2)c(-c2ccccc2Cl)n1. The van der Waals surface area contributed by atoms with Crippen LogP contribution in [0.5, 0.6) is 0 Å². The van der Waals surface area contributed by atoms with E-state index in [0.29, 0.717) is 41.1 Å². The van der Waals surface area contributed by atoms with Crippen molar-refractivity contribution in [3.05, 3.63) is 58.9 Å². The molecule has 0 spiro atoms. The van der Waals surface area contributed by atoms with Gasteiger partial charge in [-0.15, -0.1) is 0 Å². The highest BCUT2D eigenvalue weighted by Gasteiger charge is 2.23. The topological polar surface area (TPSA) is 90.7 Å². The molecule has 1 aliphatic heterocycles. The molecule has 8 nitrogen and oxygen atoms in total. The summed E-state index contributed by atoms with van der Waals surface area (Å²) in [7, 11) is 1.54. The number of imidazole rings is 1. The monoisotopic (exact) mass is 463 g/mol. The molecule has 1 aliphatic rings. The maximum atomic E-state index is 12.7. The highest BCUT2D eigenvalue weighted by molar-refractivity contribution is 6.33. The van der Waals surface area contributed by atoms with Crippen molar-refractivity contribution in [3.8, 4) is 11.4 Å². The molecule has 3 rings (SSSR count). The van der Waals surface area contributed by atoms with E-state index in [1.165, 1.54) is 4.90 Å². The number of carbonyl (C=O) groups excluding carboxylic acids is 2. The van der Waals surface area contributed by atoms with Crippen molar-refractivity contribution in [1.82, 2.24) is 19.8 Å². The lowest BCUT2D eigenvalue weighted by molar-refractivity contribution is -0.115. The molecule has 1 atom stereocenters. The number of dihydropyridines is 1. The number of aromatic nitrogens is 2. The summed E-state index contributed by atoms with van der Waals surface area (Å²) in [6, 6.07) is 6.74. The Kier molecular flexibility index (Phi) is 7.73. The molecule has 31 heavy (non-hydrogen) atoms. The van der Waals surface area contributed by atoms with Crippen molar-refractivity contribution >= 4 is 41.5 Å². The quantitative estimate of drug-likeness (QED) is 0.586. The predicted octanol–water partition coefficient (Wildman–Crippen LogP) is 3.21. The molecule has 0 aliphatic carbocycles. The first kappa shape index (κ1) is 22.9. The Labute approximate surface area is 190 Å². The van der Waals surface area contributed by atoms with E-state index in [2.05, 4.69) is 10.3 Å². The van der Waals surface area contributed by atoms with Crippen LogP contribution < -0.4 is 10.2 Å². The Balaban J connectivity index is 1.93. The zero-order valence-corrected chi connectivity index (χ0v) is 18.4. The van der Waals surface area contributed by atoms with Crippen LogP contribution >= 0.6 is 23.2 Å². The van der Waals surface area contributed by atoms with Crippen LogP contribution in [0.3, 0.4) is 0 Å². The molecule has 0 fully saturated rings. The van der Waals surface area contributed by atoms with Gasteiger partial charge >= 0.3 is 6.03 Å². The summed E-state index contributed by atoms with van der Waals surface area (Å²) in [5.41, 5.74) is 0.720. The molecule has 3 amide bonds. The van der Waals surface area contributed by atoms with Gasteiger partial charge in [0.25, 0.3) is 0 Å². The van der Waals surface area contributed by atoms with Crippen molar-refractivity contribution in [2.24, 2.45) is 0 Å². The lowest BCUT2D eigenvalue weighted by atomic mass is 10.2. The highest BCUT2D eigenvalue weighted by Crippen LogP contribution is 2.29. The van der Waals surface area contributed by atoms with Crippen LogP contribution in [-0.2, 0) is 11.3 Å². The minimum absolute atomic E-state index is 0.0391. The first-order chi connectivity index (χ1) is 14.9. The first-order valence-corrected chi connectivity index (χ1v) is 10.4. The summed E-state index contributed by atoms with van der Waals surface area (Å²) >= 11 is 12.4. The van der Waals surface area contributed by atoms with Gasteiger partial charge in [0.1, 0.15) is 5.82 Å². The fourth-order valence-corrected chi connectivity index (χ4v) is 3.47. The Morgan fingerprint density at radius 3 is 2.77 bits per heavy atom. The predicted molar refractivity (Wildman–Crippen MR) is 121 cm³/mol. The average molecular weight is 464 g/mol. The van der Waals surface area contributed by atoms with Gasteiger partial charge in [-0.2, -0.15) is 0 Å². The molecule has 2 N–H and O–H groups in total. The molecule has 1 unspecified atom stereocenters. The lowest BCUT2D eigenvalue weighted by Gasteiger charge is -2.21. The van der Waals surface area contributed by atoms with Crippen LogP contribution in [0, 0.1) is 0 Å². The van der Waals surface area contributed by atoms with E-state index < -0.39 is 6.03 Å². The number of benzene rings is 1. The zero-order chi connectivity index (χ0) is 22.4. The summed E-state index contributed by atoms with van der Waals surface area (Å²) in [6.07, 6.45) is 7.96. The molecule has 164 valence electrons. The Morgan fingerprint density at radius 2 is 2.13 bits per heavy atom. The van der Waals surface area contributed by atoms with Gasteiger partial charge < -0.3 is 15.0 Å². The minimum atomic E-state index is -0.538. The van der Waals surface area contributed by atoms with E-state index in [9.17, 15) is 9.59 Å². The molecule has 1 aromatic heterocycles. The number of nitrogens with one attached hydrogen (secondary N) is 1. The van der Waals surface area contributed by atoms with Crippen LogP contribution in [0.15, 0.2) is 53.8 Å².